The largest absolute Gasteiger partial charge is 0.352 e. The van der Waals surface area contributed by atoms with Gasteiger partial charge in [0.05, 0.1) is 0 Å². The van der Waals surface area contributed by atoms with E-state index in [4.69, 9.17) is 0 Å². The van der Waals surface area contributed by atoms with Gasteiger partial charge in [-0.05, 0) is 56.5 Å². The minimum Gasteiger partial charge on any atom is -0.352 e. The monoisotopic (exact) mass is 324 g/mol. The molecule has 0 bridgehead atoms. The van der Waals surface area contributed by atoms with Crippen molar-refractivity contribution in [3.8, 4) is 0 Å². The van der Waals surface area contributed by atoms with Crippen molar-refractivity contribution in [3.05, 3.63) is 33.8 Å². The molecule has 1 heterocycles. The van der Waals surface area contributed by atoms with Crippen molar-refractivity contribution in [1.82, 2.24) is 10.6 Å². The lowest BCUT2D eigenvalue weighted by atomic mass is 9.92. The van der Waals surface area contributed by atoms with Crippen molar-refractivity contribution in [2.24, 2.45) is 5.92 Å². The maximum atomic E-state index is 12.1. The Morgan fingerprint density at radius 1 is 1.53 bits per heavy atom. The molecule has 0 spiro atoms. The van der Waals surface area contributed by atoms with Crippen LogP contribution in [0.25, 0.3) is 0 Å². The van der Waals surface area contributed by atoms with Crippen LogP contribution in [0.15, 0.2) is 22.7 Å². The van der Waals surface area contributed by atoms with E-state index in [1.165, 1.54) is 11.1 Å². The van der Waals surface area contributed by atoms with Crippen LogP contribution in [0.2, 0.25) is 0 Å². The molecule has 1 aliphatic rings. The second kappa shape index (κ2) is 6.53. The molecule has 1 aromatic carbocycles. The normalized spacial score (nSPS) is 23.1. The first-order valence-electron chi connectivity index (χ1n) is 6.82. The van der Waals surface area contributed by atoms with Crippen LogP contribution in [0, 0.1) is 12.8 Å². The Kier molecular flexibility index (Phi) is 4.99. The van der Waals surface area contributed by atoms with Crippen LogP contribution in [0.4, 0.5) is 0 Å². The van der Waals surface area contributed by atoms with Gasteiger partial charge < -0.3 is 10.6 Å². The zero-order chi connectivity index (χ0) is 13.8. The van der Waals surface area contributed by atoms with Gasteiger partial charge in [-0.15, -0.1) is 0 Å². The number of nitrogens with one attached hydrogen (secondary N) is 2. The van der Waals surface area contributed by atoms with Crippen molar-refractivity contribution in [3.63, 3.8) is 0 Å². The summed E-state index contributed by atoms with van der Waals surface area (Å²) >= 11 is 3.45. The van der Waals surface area contributed by atoms with E-state index in [0.29, 0.717) is 12.6 Å². The number of piperidine rings is 1. The number of benzene rings is 1. The molecule has 4 heteroatoms. The van der Waals surface area contributed by atoms with E-state index in [9.17, 15) is 4.79 Å². The Hall–Kier alpha value is -0.870. The molecule has 2 N–H and O–H groups in total. The molecule has 2 rings (SSSR count). The minimum absolute atomic E-state index is 0.159. The Morgan fingerprint density at radius 3 is 3.00 bits per heavy atom. The van der Waals surface area contributed by atoms with Crippen LogP contribution in [-0.4, -0.2) is 18.5 Å². The first-order valence-corrected chi connectivity index (χ1v) is 7.61. The minimum atomic E-state index is 0.159. The van der Waals surface area contributed by atoms with Crippen LogP contribution in [0.3, 0.4) is 0 Å². The quantitative estimate of drug-likeness (QED) is 0.897. The third-order valence-electron chi connectivity index (χ3n) is 3.75. The molecular weight excluding hydrogens is 304 g/mol. The molecule has 0 aromatic heterocycles. The molecule has 0 saturated carbocycles. The van der Waals surface area contributed by atoms with Crippen molar-refractivity contribution < 1.29 is 4.79 Å². The molecule has 0 unspecified atom stereocenters. The average Bonchev–Trinajstić information content (AvgIpc) is 2.37. The maximum Gasteiger partial charge on any atom is 0.223 e. The highest BCUT2D eigenvalue weighted by atomic mass is 79.9. The van der Waals surface area contributed by atoms with E-state index in [-0.39, 0.29) is 11.8 Å². The van der Waals surface area contributed by atoms with Gasteiger partial charge in [-0.25, -0.2) is 0 Å². The van der Waals surface area contributed by atoms with Gasteiger partial charge in [-0.2, -0.15) is 0 Å². The molecule has 1 aliphatic heterocycles. The predicted molar refractivity (Wildman–Crippen MR) is 80.9 cm³/mol. The van der Waals surface area contributed by atoms with E-state index < -0.39 is 0 Å². The van der Waals surface area contributed by atoms with E-state index >= 15 is 0 Å². The van der Waals surface area contributed by atoms with Crippen molar-refractivity contribution in [2.45, 2.75) is 39.3 Å². The Labute approximate surface area is 123 Å². The Morgan fingerprint density at radius 2 is 2.32 bits per heavy atom. The van der Waals surface area contributed by atoms with E-state index in [1.807, 2.05) is 6.07 Å². The molecule has 19 heavy (non-hydrogen) atoms. The lowest BCUT2D eigenvalue weighted by Crippen LogP contribution is -2.42. The summed E-state index contributed by atoms with van der Waals surface area (Å²) in [6, 6.07) is 6.60. The van der Waals surface area contributed by atoms with E-state index in [1.54, 1.807) is 0 Å². The first kappa shape index (κ1) is 14.5. The number of carbonyl (C=O) groups is 1. The fourth-order valence-corrected chi connectivity index (χ4v) is 3.03. The van der Waals surface area contributed by atoms with Crippen LogP contribution in [-0.2, 0) is 11.3 Å². The zero-order valence-electron chi connectivity index (χ0n) is 11.5. The standard InChI is InChI=1S/C15H21BrN2O/c1-10-7-14(16)4-3-13(10)9-18-15(19)12-5-6-17-11(2)8-12/h3-4,7,11-12,17H,5-6,8-9H2,1-2H3,(H,18,19)/t11-,12-/m0/s1. The van der Waals surface area contributed by atoms with Gasteiger partial charge in [0.2, 0.25) is 5.91 Å². The maximum absolute atomic E-state index is 12.1. The molecule has 1 fully saturated rings. The first-order chi connectivity index (χ1) is 9.06. The summed E-state index contributed by atoms with van der Waals surface area (Å²) < 4.78 is 1.08. The van der Waals surface area contributed by atoms with Gasteiger partial charge >= 0.3 is 0 Å². The molecule has 2 atom stereocenters. The van der Waals surface area contributed by atoms with Crippen LogP contribution in [0.5, 0.6) is 0 Å². The van der Waals surface area contributed by atoms with Gasteiger partial charge in [-0.1, -0.05) is 22.0 Å². The summed E-state index contributed by atoms with van der Waals surface area (Å²) in [7, 11) is 0. The van der Waals surface area contributed by atoms with Gasteiger partial charge in [0.25, 0.3) is 0 Å². The van der Waals surface area contributed by atoms with Crippen LogP contribution >= 0.6 is 15.9 Å². The van der Waals surface area contributed by atoms with Gasteiger partial charge in [-0.3, -0.25) is 4.79 Å². The van der Waals surface area contributed by atoms with Crippen molar-refractivity contribution in [2.75, 3.05) is 6.54 Å². The predicted octanol–water partition coefficient (Wildman–Crippen LogP) is 2.76. The summed E-state index contributed by atoms with van der Waals surface area (Å²) in [5, 5.41) is 6.44. The Balaban J connectivity index is 1.89. The smallest absolute Gasteiger partial charge is 0.223 e. The van der Waals surface area contributed by atoms with Gasteiger partial charge in [0.15, 0.2) is 0 Å². The fourth-order valence-electron chi connectivity index (χ4n) is 2.55. The van der Waals surface area contributed by atoms with Crippen molar-refractivity contribution >= 4 is 21.8 Å². The number of carbonyl (C=O) groups excluding carboxylic acids is 1. The third kappa shape index (κ3) is 4.05. The highest BCUT2D eigenvalue weighted by molar-refractivity contribution is 9.10. The summed E-state index contributed by atoms with van der Waals surface area (Å²) in [6.45, 7) is 5.77. The number of aryl methyl sites for hydroxylation is 1. The molecule has 1 saturated heterocycles. The van der Waals surface area contributed by atoms with E-state index in [0.717, 1.165) is 23.9 Å². The molecule has 104 valence electrons. The summed E-state index contributed by atoms with van der Waals surface area (Å²) in [4.78, 5) is 12.1. The molecule has 1 amide bonds. The molecule has 1 aromatic rings. The van der Waals surface area contributed by atoms with Crippen molar-refractivity contribution in [1.29, 1.82) is 0 Å². The van der Waals surface area contributed by atoms with E-state index in [2.05, 4.69) is 52.5 Å². The average molecular weight is 325 g/mol. The zero-order valence-corrected chi connectivity index (χ0v) is 13.1. The highest BCUT2D eigenvalue weighted by Crippen LogP contribution is 2.18. The third-order valence-corrected chi connectivity index (χ3v) is 4.25. The molecule has 3 nitrogen and oxygen atoms in total. The van der Waals surface area contributed by atoms with Crippen LogP contribution in [0.1, 0.15) is 30.9 Å². The summed E-state index contributed by atoms with van der Waals surface area (Å²) in [6.07, 6.45) is 1.88. The molecular formula is C15H21BrN2O. The summed E-state index contributed by atoms with van der Waals surface area (Å²) in [5.41, 5.74) is 2.38. The van der Waals surface area contributed by atoms with Crippen LogP contribution < -0.4 is 10.6 Å². The lowest BCUT2D eigenvalue weighted by Gasteiger charge is -2.27. The topological polar surface area (TPSA) is 41.1 Å². The SMILES string of the molecule is Cc1cc(Br)ccc1CNC(=O)[C@H]1CCN[C@@H](C)C1. The summed E-state index contributed by atoms with van der Waals surface area (Å²) in [5.74, 6) is 0.350. The van der Waals surface area contributed by atoms with Gasteiger partial charge in [0, 0.05) is 23.0 Å². The molecule has 0 aliphatic carbocycles. The number of hydrogen-bond donors (Lipinski definition) is 2. The number of hydrogen-bond acceptors (Lipinski definition) is 2. The molecule has 0 radical (unpaired) electrons. The second-order valence-corrected chi connectivity index (χ2v) is 6.28. The highest BCUT2D eigenvalue weighted by Gasteiger charge is 2.24. The fraction of sp³-hybridized carbons (Fsp3) is 0.533. The lowest BCUT2D eigenvalue weighted by molar-refractivity contribution is -0.126. The number of rotatable bonds is 3. The number of amides is 1. The van der Waals surface area contributed by atoms with Gasteiger partial charge in [0.1, 0.15) is 0 Å². The number of halogens is 1. The second-order valence-electron chi connectivity index (χ2n) is 5.37. The Bertz CT molecular complexity index is 461.